The first-order valence-electron chi connectivity index (χ1n) is 6.79. The lowest BCUT2D eigenvalue weighted by Crippen LogP contribution is -2.15. The van der Waals surface area contributed by atoms with Gasteiger partial charge in [-0.1, -0.05) is 17.7 Å². The molecule has 8 heteroatoms. The van der Waals surface area contributed by atoms with E-state index in [4.69, 9.17) is 16.3 Å². The first kappa shape index (κ1) is 17.8. The molecular formula is C15H16ClNO4S2. The molecule has 1 N–H and O–H groups in total. The van der Waals surface area contributed by atoms with Gasteiger partial charge < -0.3 is 4.74 Å². The van der Waals surface area contributed by atoms with Crippen LogP contribution in [0.5, 0.6) is 0 Å². The van der Waals surface area contributed by atoms with E-state index in [1.807, 2.05) is 0 Å². The van der Waals surface area contributed by atoms with Crippen molar-refractivity contribution in [2.45, 2.75) is 25.2 Å². The van der Waals surface area contributed by atoms with Crippen LogP contribution < -0.4 is 4.72 Å². The Kier molecular flexibility index (Phi) is 5.67. The Morgan fingerprint density at radius 1 is 1.35 bits per heavy atom. The number of rotatable bonds is 6. The zero-order chi connectivity index (χ0) is 17.0. The fourth-order valence-electron chi connectivity index (χ4n) is 1.99. The van der Waals surface area contributed by atoms with Crippen molar-refractivity contribution >= 4 is 44.6 Å². The Morgan fingerprint density at radius 2 is 2.09 bits per heavy atom. The van der Waals surface area contributed by atoms with Gasteiger partial charge in [-0.25, -0.2) is 8.42 Å². The molecule has 0 saturated heterocycles. The molecular weight excluding hydrogens is 358 g/mol. The first-order chi connectivity index (χ1) is 10.8. The van der Waals surface area contributed by atoms with Gasteiger partial charge in [-0.3, -0.25) is 9.52 Å². The third kappa shape index (κ3) is 4.46. The van der Waals surface area contributed by atoms with Crippen molar-refractivity contribution in [3.05, 3.63) is 45.1 Å². The number of hydrogen-bond acceptors (Lipinski definition) is 5. The van der Waals surface area contributed by atoms with Crippen LogP contribution >= 0.6 is 22.9 Å². The number of hydrogen-bond donors (Lipinski definition) is 1. The van der Waals surface area contributed by atoms with Gasteiger partial charge in [0.25, 0.3) is 10.0 Å². The van der Waals surface area contributed by atoms with E-state index in [1.165, 1.54) is 24.3 Å². The SMILES string of the molecule is CC(=O)OCCc1sccc1NS(=O)(=O)c1cccc(Cl)c1C. The summed E-state index contributed by atoms with van der Waals surface area (Å²) in [4.78, 5) is 11.7. The number of thiophene rings is 1. The topological polar surface area (TPSA) is 72.5 Å². The molecule has 0 bridgehead atoms. The fraction of sp³-hybridized carbons (Fsp3) is 0.267. The molecule has 0 aliphatic carbocycles. The molecule has 0 unspecified atom stereocenters. The van der Waals surface area contributed by atoms with Crippen molar-refractivity contribution < 1.29 is 17.9 Å². The number of esters is 1. The number of carbonyl (C=O) groups is 1. The summed E-state index contributed by atoms with van der Waals surface area (Å²) in [5.41, 5.74) is 0.986. The average Bonchev–Trinajstić information content (AvgIpc) is 2.88. The van der Waals surface area contributed by atoms with E-state index in [-0.39, 0.29) is 17.5 Å². The summed E-state index contributed by atoms with van der Waals surface area (Å²) in [7, 11) is -3.74. The minimum absolute atomic E-state index is 0.141. The number of nitrogens with one attached hydrogen (secondary N) is 1. The molecule has 0 saturated carbocycles. The molecule has 0 spiro atoms. The predicted molar refractivity (Wildman–Crippen MR) is 91.7 cm³/mol. The second-order valence-corrected chi connectivity index (χ2v) is 7.87. The summed E-state index contributed by atoms with van der Waals surface area (Å²) in [5.74, 6) is -0.363. The zero-order valence-electron chi connectivity index (χ0n) is 12.6. The Labute approximate surface area is 144 Å². The molecule has 124 valence electrons. The lowest BCUT2D eigenvalue weighted by atomic mass is 10.2. The van der Waals surface area contributed by atoms with Crippen LogP contribution in [0.3, 0.4) is 0 Å². The fourth-order valence-corrected chi connectivity index (χ4v) is 4.46. The van der Waals surface area contributed by atoms with Crippen LogP contribution in [0.15, 0.2) is 34.5 Å². The maximum atomic E-state index is 12.6. The normalized spacial score (nSPS) is 11.3. The molecule has 0 aliphatic heterocycles. The molecule has 0 atom stereocenters. The lowest BCUT2D eigenvalue weighted by molar-refractivity contribution is -0.140. The predicted octanol–water partition coefficient (Wildman–Crippen LogP) is 3.62. The van der Waals surface area contributed by atoms with Crippen LogP contribution in [-0.2, 0) is 26.0 Å². The lowest BCUT2D eigenvalue weighted by Gasteiger charge is -2.12. The third-order valence-electron chi connectivity index (χ3n) is 3.13. The highest BCUT2D eigenvalue weighted by atomic mass is 35.5. The van der Waals surface area contributed by atoms with Gasteiger partial charge in [0.1, 0.15) is 0 Å². The molecule has 0 fully saturated rings. The van der Waals surface area contributed by atoms with Crippen molar-refractivity contribution in [1.82, 2.24) is 0 Å². The van der Waals surface area contributed by atoms with Gasteiger partial charge in [-0.2, -0.15) is 0 Å². The molecule has 1 aromatic heterocycles. The minimum atomic E-state index is -3.74. The van der Waals surface area contributed by atoms with Gasteiger partial charge in [0.15, 0.2) is 0 Å². The summed E-state index contributed by atoms with van der Waals surface area (Å²) >= 11 is 7.39. The summed E-state index contributed by atoms with van der Waals surface area (Å²) in [5, 5.41) is 2.18. The van der Waals surface area contributed by atoms with E-state index < -0.39 is 10.0 Å². The molecule has 1 heterocycles. The molecule has 23 heavy (non-hydrogen) atoms. The Hall–Kier alpha value is -1.57. The van der Waals surface area contributed by atoms with E-state index in [9.17, 15) is 13.2 Å². The van der Waals surface area contributed by atoms with E-state index >= 15 is 0 Å². The number of benzene rings is 1. The summed E-state index contributed by atoms with van der Waals surface area (Å²) < 4.78 is 32.6. The first-order valence-corrected chi connectivity index (χ1v) is 9.53. The smallest absolute Gasteiger partial charge is 0.302 e. The van der Waals surface area contributed by atoms with Crippen molar-refractivity contribution in [1.29, 1.82) is 0 Å². The van der Waals surface area contributed by atoms with Crippen LogP contribution in [0.2, 0.25) is 5.02 Å². The Balaban J connectivity index is 2.20. The van der Waals surface area contributed by atoms with Crippen molar-refractivity contribution in [3.8, 4) is 0 Å². The van der Waals surface area contributed by atoms with Crippen LogP contribution in [-0.4, -0.2) is 21.0 Å². The van der Waals surface area contributed by atoms with Gasteiger partial charge in [0, 0.05) is 23.2 Å². The number of sulfonamides is 1. The van der Waals surface area contributed by atoms with Gasteiger partial charge >= 0.3 is 5.97 Å². The molecule has 0 radical (unpaired) electrons. The molecule has 1 aromatic carbocycles. The van der Waals surface area contributed by atoms with E-state index in [1.54, 1.807) is 30.5 Å². The van der Waals surface area contributed by atoms with Gasteiger partial charge in [0.05, 0.1) is 17.2 Å². The molecule has 0 amide bonds. The number of ether oxygens (including phenoxy) is 1. The van der Waals surface area contributed by atoms with Gasteiger partial charge in [-0.05, 0) is 36.1 Å². The standard InChI is InChI=1S/C15H16ClNO4S2/c1-10-12(16)4-3-5-15(10)23(19,20)17-13-7-9-22-14(13)6-8-21-11(2)18/h3-5,7,9,17H,6,8H2,1-2H3. The molecule has 2 aromatic rings. The third-order valence-corrected chi connectivity index (χ3v) is 6.03. The highest BCUT2D eigenvalue weighted by Gasteiger charge is 2.20. The van der Waals surface area contributed by atoms with Gasteiger partial charge in [-0.15, -0.1) is 11.3 Å². The number of carbonyl (C=O) groups excluding carboxylic acids is 1. The number of halogens is 1. The molecule has 2 rings (SSSR count). The maximum absolute atomic E-state index is 12.6. The van der Waals surface area contributed by atoms with Crippen molar-refractivity contribution in [2.24, 2.45) is 0 Å². The van der Waals surface area contributed by atoms with Crippen LogP contribution in [0.25, 0.3) is 0 Å². The summed E-state index contributed by atoms with van der Waals surface area (Å²) in [6, 6.07) is 6.43. The van der Waals surface area contributed by atoms with E-state index in [0.29, 0.717) is 22.7 Å². The Bertz CT molecular complexity index is 815. The molecule has 5 nitrogen and oxygen atoms in total. The summed E-state index contributed by atoms with van der Waals surface area (Å²) in [6.45, 7) is 3.20. The maximum Gasteiger partial charge on any atom is 0.302 e. The number of anilines is 1. The highest BCUT2D eigenvalue weighted by Crippen LogP contribution is 2.28. The van der Waals surface area contributed by atoms with Crippen LogP contribution in [0, 0.1) is 6.92 Å². The minimum Gasteiger partial charge on any atom is -0.465 e. The van der Waals surface area contributed by atoms with Gasteiger partial charge in [0.2, 0.25) is 0 Å². The largest absolute Gasteiger partial charge is 0.465 e. The average molecular weight is 374 g/mol. The van der Waals surface area contributed by atoms with Crippen molar-refractivity contribution in [2.75, 3.05) is 11.3 Å². The second-order valence-electron chi connectivity index (χ2n) is 4.82. The zero-order valence-corrected chi connectivity index (χ0v) is 15.0. The Morgan fingerprint density at radius 3 is 2.78 bits per heavy atom. The summed E-state index contributed by atoms with van der Waals surface area (Å²) in [6.07, 6.45) is 0.448. The second kappa shape index (κ2) is 7.33. The highest BCUT2D eigenvalue weighted by molar-refractivity contribution is 7.92. The molecule has 0 aliphatic rings. The van der Waals surface area contributed by atoms with Crippen LogP contribution in [0.1, 0.15) is 17.4 Å². The quantitative estimate of drug-likeness (QED) is 0.785. The van der Waals surface area contributed by atoms with E-state index in [2.05, 4.69) is 4.72 Å². The van der Waals surface area contributed by atoms with Crippen LogP contribution in [0.4, 0.5) is 5.69 Å². The van der Waals surface area contributed by atoms with E-state index in [0.717, 1.165) is 4.88 Å². The van der Waals surface area contributed by atoms with Crippen molar-refractivity contribution in [3.63, 3.8) is 0 Å². The monoisotopic (exact) mass is 373 g/mol.